The predicted molar refractivity (Wildman–Crippen MR) is 72.1 cm³/mol. The summed E-state index contributed by atoms with van der Waals surface area (Å²) in [6, 6.07) is 13.3. The van der Waals surface area contributed by atoms with Crippen LogP contribution in [0.5, 0.6) is 0 Å². The molecule has 3 rings (SSSR count). The molecule has 3 aromatic rings. The van der Waals surface area contributed by atoms with Crippen molar-refractivity contribution in [2.75, 3.05) is 0 Å². The summed E-state index contributed by atoms with van der Waals surface area (Å²) in [5.74, 6) is -1.23. The molecule has 5 nitrogen and oxygen atoms in total. The molecule has 0 atom stereocenters. The number of aromatic carboxylic acids is 1. The number of carbonyl (C=O) groups is 1. The summed E-state index contributed by atoms with van der Waals surface area (Å²) in [5, 5.41) is 18.5. The van der Waals surface area contributed by atoms with Crippen LogP contribution in [-0.2, 0) is 0 Å². The molecular formula is C15H9N2O3-. The van der Waals surface area contributed by atoms with Crippen molar-refractivity contribution in [1.82, 2.24) is 10.2 Å². The molecule has 5 heteroatoms. The lowest BCUT2D eigenvalue weighted by molar-refractivity contribution is -0.255. The van der Waals surface area contributed by atoms with Crippen molar-refractivity contribution in [3.63, 3.8) is 0 Å². The molecule has 0 aliphatic carbocycles. The normalized spacial score (nSPS) is 10.6. The highest BCUT2D eigenvalue weighted by Gasteiger charge is 2.08. The van der Waals surface area contributed by atoms with Crippen molar-refractivity contribution in [2.45, 2.75) is 0 Å². The topological polar surface area (TPSA) is 85.9 Å². The van der Waals surface area contributed by atoms with E-state index in [-0.39, 0.29) is 11.1 Å². The first kappa shape index (κ1) is 12.1. The van der Waals surface area contributed by atoms with Gasteiger partial charge in [-0.3, -0.25) is 4.79 Å². The molecule has 0 saturated carbocycles. The van der Waals surface area contributed by atoms with Crippen LogP contribution in [0.1, 0.15) is 10.4 Å². The number of fused-ring (bicyclic) bond motifs is 1. The van der Waals surface area contributed by atoms with E-state index < -0.39 is 5.97 Å². The summed E-state index contributed by atoms with van der Waals surface area (Å²) in [7, 11) is 0. The third kappa shape index (κ3) is 1.95. The predicted octanol–water partition coefficient (Wildman–Crippen LogP) is 0.954. The van der Waals surface area contributed by atoms with Crippen LogP contribution < -0.4 is 10.7 Å². The minimum Gasteiger partial charge on any atom is -0.545 e. The van der Waals surface area contributed by atoms with Gasteiger partial charge >= 0.3 is 0 Å². The molecule has 0 aliphatic heterocycles. The van der Waals surface area contributed by atoms with Crippen molar-refractivity contribution >= 4 is 16.7 Å². The number of aromatic amines is 1. The summed E-state index contributed by atoms with van der Waals surface area (Å²) in [6.45, 7) is 0. The number of H-pyrrole nitrogens is 1. The number of hydrogen-bond donors (Lipinski definition) is 1. The average molecular weight is 265 g/mol. The first-order valence-electron chi connectivity index (χ1n) is 5.96. The first-order valence-corrected chi connectivity index (χ1v) is 5.96. The van der Waals surface area contributed by atoms with Crippen LogP contribution in [0.15, 0.2) is 53.3 Å². The Balaban J connectivity index is 2.22. The summed E-state index contributed by atoms with van der Waals surface area (Å²) in [4.78, 5) is 22.4. The van der Waals surface area contributed by atoms with Crippen LogP contribution in [-0.4, -0.2) is 16.2 Å². The van der Waals surface area contributed by atoms with Crippen LogP contribution in [0.4, 0.5) is 0 Å². The van der Waals surface area contributed by atoms with Crippen molar-refractivity contribution < 1.29 is 9.90 Å². The van der Waals surface area contributed by atoms with Crippen molar-refractivity contribution in [3.05, 3.63) is 64.4 Å². The van der Waals surface area contributed by atoms with Crippen molar-refractivity contribution in [1.29, 1.82) is 0 Å². The molecule has 0 spiro atoms. The maximum atomic E-state index is 11.7. The maximum absolute atomic E-state index is 11.7. The van der Waals surface area contributed by atoms with E-state index in [1.54, 1.807) is 30.3 Å². The Morgan fingerprint density at radius 1 is 1.00 bits per heavy atom. The maximum Gasteiger partial charge on any atom is 0.272 e. The highest BCUT2D eigenvalue weighted by atomic mass is 16.4. The smallest absolute Gasteiger partial charge is 0.272 e. The zero-order valence-electron chi connectivity index (χ0n) is 10.3. The second kappa shape index (κ2) is 4.62. The van der Waals surface area contributed by atoms with Crippen LogP contribution in [0.3, 0.4) is 0 Å². The largest absolute Gasteiger partial charge is 0.545 e. The molecule has 0 amide bonds. The van der Waals surface area contributed by atoms with Crippen LogP contribution in [0, 0.1) is 0 Å². The quantitative estimate of drug-likeness (QED) is 0.747. The third-order valence-electron chi connectivity index (χ3n) is 3.09. The molecule has 0 fully saturated rings. The number of aromatic nitrogens is 2. The van der Waals surface area contributed by atoms with Gasteiger partial charge < -0.3 is 9.90 Å². The molecule has 1 aromatic heterocycles. The van der Waals surface area contributed by atoms with Crippen LogP contribution in [0.2, 0.25) is 0 Å². The zero-order chi connectivity index (χ0) is 14.1. The fourth-order valence-electron chi connectivity index (χ4n) is 2.10. The van der Waals surface area contributed by atoms with Crippen molar-refractivity contribution in [3.8, 4) is 11.3 Å². The van der Waals surface area contributed by atoms with Crippen LogP contribution >= 0.6 is 0 Å². The van der Waals surface area contributed by atoms with E-state index in [2.05, 4.69) is 10.2 Å². The number of nitrogens with one attached hydrogen (secondary N) is 1. The van der Waals surface area contributed by atoms with Gasteiger partial charge in [-0.05, 0) is 11.6 Å². The van der Waals surface area contributed by atoms with E-state index in [1.807, 2.05) is 6.07 Å². The van der Waals surface area contributed by atoms with E-state index >= 15 is 0 Å². The minimum atomic E-state index is -1.23. The van der Waals surface area contributed by atoms with E-state index in [0.717, 1.165) is 10.9 Å². The Bertz CT molecular complexity index is 851. The monoisotopic (exact) mass is 265 g/mol. The van der Waals surface area contributed by atoms with Gasteiger partial charge in [-0.2, -0.15) is 5.10 Å². The fraction of sp³-hybridized carbons (Fsp3) is 0. The van der Waals surface area contributed by atoms with Gasteiger partial charge in [0.2, 0.25) is 0 Å². The molecule has 0 radical (unpaired) electrons. The number of carbonyl (C=O) groups excluding carboxylic acids is 1. The SMILES string of the molecule is O=C([O-])c1ccc(-c2n[nH]c(=O)c3ccccc23)cc1. The molecule has 98 valence electrons. The van der Waals surface area contributed by atoms with E-state index in [9.17, 15) is 14.7 Å². The Labute approximate surface area is 113 Å². The summed E-state index contributed by atoms with van der Waals surface area (Å²) >= 11 is 0. The zero-order valence-corrected chi connectivity index (χ0v) is 10.3. The van der Waals surface area contributed by atoms with Gasteiger partial charge in [0.15, 0.2) is 0 Å². The number of rotatable bonds is 2. The standard InChI is InChI=1S/C15H10N2O3/c18-14-12-4-2-1-3-11(12)13(16-17-14)9-5-7-10(8-6-9)15(19)20/h1-8H,(H,17,18)(H,19,20)/p-1. The Morgan fingerprint density at radius 2 is 1.65 bits per heavy atom. The molecule has 0 aliphatic rings. The fourth-order valence-corrected chi connectivity index (χ4v) is 2.10. The second-order valence-corrected chi connectivity index (χ2v) is 4.31. The molecule has 1 N–H and O–H groups in total. The highest BCUT2D eigenvalue weighted by molar-refractivity contribution is 5.94. The Hall–Kier alpha value is -2.95. The third-order valence-corrected chi connectivity index (χ3v) is 3.09. The van der Waals surface area contributed by atoms with Crippen LogP contribution in [0.25, 0.3) is 22.0 Å². The van der Waals surface area contributed by atoms with E-state index in [4.69, 9.17) is 0 Å². The Kier molecular flexibility index (Phi) is 2.80. The molecular weight excluding hydrogens is 256 g/mol. The molecule has 1 heterocycles. The number of carboxylic acid groups (broad SMARTS) is 1. The van der Waals surface area contributed by atoms with Crippen molar-refractivity contribution in [2.24, 2.45) is 0 Å². The van der Waals surface area contributed by atoms with E-state index in [0.29, 0.717) is 11.1 Å². The lowest BCUT2D eigenvalue weighted by atomic mass is 10.0. The van der Waals surface area contributed by atoms with Gasteiger partial charge in [0.25, 0.3) is 5.56 Å². The summed E-state index contributed by atoms with van der Waals surface area (Å²) < 4.78 is 0. The number of nitrogens with zero attached hydrogens (tertiary/aromatic N) is 1. The van der Waals surface area contributed by atoms with Gasteiger partial charge in [0.1, 0.15) is 0 Å². The molecule has 0 bridgehead atoms. The lowest BCUT2D eigenvalue weighted by Crippen LogP contribution is -2.21. The van der Waals surface area contributed by atoms with Gasteiger partial charge in [-0.25, -0.2) is 5.10 Å². The molecule has 0 unspecified atom stereocenters. The number of hydrogen-bond acceptors (Lipinski definition) is 4. The van der Waals surface area contributed by atoms with Gasteiger partial charge in [0.05, 0.1) is 17.0 Å². The number of carboxylic acids is 1. The molecule has 0 saturated heterocycles. The van der Waals surface area contributed by atoms with Gasteiger partial charge in [-0.1, -0.05) is 42.5 Å². The van der Waals surface area contributed by atoms with E-state index in [1.165, 1.54) is 12.1 Å². The Morgan fingerprint density at radius 3 is 2.30 bits per heavy atom. The summed E-state index contributed by atoms with van der Waals surface area (Å²) in [6.07, 6.45) is 0. The van der Waals surface area contributed by atoms with Gasteiger partial charge in [-0.15, -0.1) is 0 Å². The lowest BCUT2D eigenvalue weighted by Gasteiger charge is -2.06. The minimum absolute atomic E-state index is 0.0995. The first-order chi connectivity index (χ1) is 9.66. The number of benzene rings is 2. The summed E-state index contributed by atoms with van der Waals surface area (Å²) in [5.41, 5.74) is 1.17. The molecule has 20 heavy (non-hydrogen) atoms. The highest BCUT2D eigenvalue weighted by Crippen LogP contribution is 2.24. The average Bonchev–Trinajstić information content (AvgIpc) is 2.48. The van der Waals surface area contributed by atoms with Gasteiger partial charge in [0, 0.05) is 10.9 Å². The molecule has 2 aromatic carbocycles. The second-order valence-electron chi connectivity index (χ2n) is 4.31.